The Balaban J connectivity index is 2.15. The van der Waals surface area contributed by atoms with Crippen LogP contribution in [0.3, 0.4) is 0 Å². The number of halogens is 1. The van der Waals surface area contributed by atoms with E-state index in [-0.39, 0.29) is 0 Å². The molecule has 5 heteroatoms. The topological polar surface area (TPSA) is 53.1 Å². The van der Waals surface area contributed by atoms with Gasteiger partial charge in [0.05, 0.1) is 24.2 Å². The molecule has 0 aliphatic heterocycles. The van der Waals surface area contributed by atoms with Crippen LogP contribution in [-0.4, -0.2) is 16.7 Å². The molecule has 4 nitrogen and oxygen atoms in total. The number of imidazole rings is 1. The van der Waals surface area contributed by atoms with Crippen molar-refractivity contribution in [1.82, 2.24) is 9.55 Å². The van der Waals surface area contributed by atoms with Crippen molar-refractivity contribution in [3.05, 3.63) is 47.0 Å². The van der Waals surface area contributed by atoms with Gasteiger partial charge in [0.15, 0.2) is 0 Å². The molecule has 2 rings (SSSR count). The van der Waals surface area contributed by atoms with Gasteiger partial charge in [-0.25, -0.2) is 4.98 Å². The van der Waals surface area contributed by atoms with Crippen molar-refractivity contribution in [2.75, 3.05) is 7.11 Å². The molecule has 1 aromatic carbocycles. The number of nitrogens with two attached hydrogens (primary N) is 1. The molecule has 0 radical (unpaired) electrons. The molecule has 0 atom stereocenters. The van der Waals surface area contributed by atoms with Gasteiger partial charge in [-0.05, 0) is 17.7 Å². The van der Waals surface area contributed by atoms with Gasteiger partial charge in [0, 0.05) is 19.3 Å². The molecular formula is C12H14ClN3O. The van der Waals surface area contributed by atoms with Crippen LogP contribution < -0.4 is 10.5 Å². The Morgan fingerprint density at radius 1 is 1.47 bits per heavy atom. The number of nitrogens with zero attached hydrogens (tertiary/aromatic N) is 2. The van der Waals surface area contributed by atoms with E-state index in [1.807, 2.05) is 29.0 Å². The Hall–Kier alpha value is -1.52. The van der Waals surface area contributed by atoms with E-state index in [1.54, 1.807) is 13.4 Å². The first-order valence-electron chi connectivity index (χ1n) is 5.26. The average molecular weight is 252 g/mol. The third-order valence-corrected chi connectivity index (χ3v) is 2.77. The van der Waals surface area contributed by atoms with Gasteiger partial charge in [-0.3, -0.25) is 0 Å². The Bertz CT molecular complexity index is 510. The number of rotatable bonds is 4. The lowest BCUT2D eigenvalue weighted by Crippen LogP contribution is -1.98. The molecule has 0 amide bonds. The van der Waals surface area contributed by atoms with Gasteiger partial charge >= 0.3 is 0 Å². The molecule has 2 aromatic rings. The van der Waals surface area contributed by atoms with Crippen molar-refractivity contribution in [1.29, 1.82) is 0 Å². The van der Waals surface area contributed by atoms with Gasteiger partial charge in [0.1, 0.15) is 5.75 Å². The van der Waals surface area contributed by atoms with Crippen LogP contribution in [0.4, 0.5) is 0 Å². The molecule has 17 heavy (non-hydrogen) atoms. The van der Waals surface area contributed by atoms with Crippen LogP contribution in [0.25, 0.3) is 0 Å². The Kier molecular flexibility index (Phi) is 3.66. The van der Waals surface area contributed by atoms with Gasteiger partial charge < -0.3 is 15.0 Å². The standard InChI is InChI=1S/C12H14ClN3O/c1-17-12-3-2-9(4-11(12)13)6-16-7-10(5-14)15-8-16/h2-4,7-8H,5-6,14H2,1H3. The highest BCUT2D eigenvalue weighted by molar-refractivity contribution is 6.32. The second-order valence-electron chi connectivity index (χ2n) is 3.71. The number of hydrogen-bond acceptors (Lipinski definition) is 3. The van der Waals surface area contributed by atoms with E-state index in [0.717, 1.165) is 17.8 Å². The summed E-state index contributed by atoms with van der Waals surface area (Å²) in [5.74, 6) is 0.684. The zero-order valence-electron chi connectivity index (χ0n) is 9.56. The van der Waals surface area contributed by atoms with Gasteiger partial charge in [-0.15, -0.1) is 0 Å². The number of methoxy groups -OCH3 is 1. The molecule has 0 spiro atoms. The van der Waals surface area contributed by atoms with Gasteiger partial charge in [0.25, 0.3) is 0 Å². The van der Waals surface area contributed by atoms with Crippen molar-refractivity contribution in [2.45, 2.75) is 13.1 Å². The number of hydrogen-bond donors (Lipinski definition) is 1. The summed E-state index contributed by atoms with van der Waals surface area (Å²) in [4.78, 5) is 4.17. The smallest absolute Gasteiger partial charge is 0.137 e. The van der Waals surface area contributed by atoms with Gasteiger partial charge in [-0.1, -0.05) is 17.7 Å². The lowest BCUT2D eigenvalue weighted by atomic mass is 10.2. The minimum absolute atomic E-state index is 0.455. The maximum absolute atomic E-state index is 6.06. The van der Waals surface area contributed by atoms with Crippen LogP contribution in [0.1, 0.15) is 11.3 Å². The lowest BCUT2D eigenvalue weighted by Gasteiger charge is -2.06. The first kappa shape index (κ1) is 12.0. The number of aromatic nitrogens is 2. The van der Waals surface area contributed by atoms with E-state index in [2.05, 4.69) is 4.98 Å². The minimum atomic E-state index is 0.455. The van der Waals surface area contributed by atoms with E-state index in [0.29, 0.717) is 17.3 Å². The maximum Gasteiger partial charge on any atom is 0.137 e. The second kappa shape index (κ2) is 5.21. The van der Waals surface area contributed by atoms with E-state index in [9.17, 15) is 0 Å². The Labute approximate surface area is 105 Å². The molecular weight excluding hydrogens is 238 g/mol. The summed E-state index contributed by atoms with van der Waals surface area (Å²) in [5, 5.41) is 0.615. The van der Waals surface area contributed by atoms with E-state index < -0.39 is 0 Å². The Morgan fingerprint density at radius 3 is 2.88 bits per heavy atom. The highest BCUT2D eigenvalue weighted by Crippen LogP contribution is 2.25. The third kappa shape index (κ3) is 2.78. The molecule has 0 bridgehead atoms. The highest BCUT2D eigenvalue weighted by Gasteiger charge is 2.03. The third-order valence-electron chi connectivity index (χ3n) is 2.48. The van der Waals surface area contributed by atoms with Crippen molar-refractivity contribution < 1.29 is 4.74 Å². The van der Waals surface area contributed by atoms with Crippen molar-refractivity contribution in [3.8, 4) is 5.75 Å². The second-order valence-corrected chi connectivity index (χ2v) is 4.12. The maximum atomic E-state index is 6.06. The van der Waals surface area contributed by atoms with Gasteiger partial charge in [-0.2, -0.15) is 0 Å². The SMILES string of the molecule is COc1ccc(Cn2cnc(CN)c2)cc1Cl. The first-order chi connectivity index (χ1) is 8.22. The summed E-state index contributed by atoms with van der Waals surface area (Å²) in [6.07, 6.45) is 3.69. The monoisotopic (exact) mass is 251 g/mol. The van der Waals surface area contributed by atoms with Crippen LogP contribution in [0.2, 0.25) is 5.02 Å². The van der Waals surface area contributed by atoms with Crippen LogP contribution in [0.5, 0.6) is 5.75 Å². The molecule has 2 N–H and O–H groups in total. The highest BCUT2D eigenvalue weighted by atomic mass is 35.5. The molecule has 0 unspecified atom stereocenters. The number of ether oxygens (including phenoxy) is 1. The Morgan fingerprint density at radius 2 is 2.29 bits per heavy atom. The van der Waals surface area contributed by atoms with E-state index in [4.69, 9.17) is 22.1 Å². The normalized spacial score (nSPS) is 10.5. The van der Waals surface area contributed by atoms with Gasteiger partial charge in [0.2, 0.25) is 0 Å². The zero-order valence-corrected chi connectivity index (χ0v) is 10.3. The average Bonchev–Trinajstić information content (AvgIpc) is 2.77. The van der Waals surface area contributed by atoms with Crippen LogP contribution >= 0.6 is 11.6 Å². The molecule has 90 valence electrons. The van der Waals surface area contributed by atoms with Crippen LogP contribution in [0.15, 0.2) is 30.7 Å². The molecule has 0 aliphatic rings. The molecule has 0 saturated heterocycles. The summed E-state index contributed by atoms with van der Waals surface area (Å²) >= 11 is 6.06. The largest absolute Gasteiger partial charge is 0.495 e. The summed E-state index contributed by atoms with van der Waals surface area (Å²) in [6.45, 7) is 1.17. The molecule has 1 heterocycles. The zero-order chi connectivity index (χ0) is 12.3. The quantitative estimate of drug-likeness (QED) is 0.905. The number of benzene rings is 1. The fourth-order valence-corrected chi connectivity index (χ4v) is 1.90. The molecule has 1 aromatic heterocycles. The molecule has 0 fully saturated rings. The van der Waals surface area contributed by atoms with Crippen molar-refractivity contribution >= 4 is 11.6 Å². The van der Waals surface area contributed by atoms with E-state index >= 15 is 0 Å². The van der Waals surface area contributed by atoms with Crippen LogP contribution in [-0.2, 0) is 13.1 Å². The minimum Gasteiger partial charge on any atom is -0.495 e. The fraction of sp³-hybridized carbons (Fsp3) is 0.250. The summed E-state index contributed by atoms with van der Waals surface area (Å²) in [5.41, 5.74) is 7.48. The van der Waals surface area contributed by atoms with Crippen molar-refractivity contribution in [3.63, 3.8) is 0 Å². The van der Waals surface area contributed by atoms with Crippen LogP contribution in [0, 0.1) is 0 Å². The summed E-state index contributed by atoms with van der Waals surface area (Å²) in [7, 11) is 1.60. The molecule has 0 aliphatic carbocycles. The lowest BCUT2D eigenvalue weighted by molar-refractivity contribution is 0.415. The molecule has 0 saturated carbocycles. The summed E-state index contributed by atoms with van der Waals surface area (Å²) < 4.78 is 7.08. The summed E-state index contributed by atoms with van der Waals surface area (Å²) in [6, 6.07) is 5.73. The fourth-order valence-electron chi connectivity index (χ4n) is 1.62. The first-order valence-corrected chi connectivity index (χ1v) is 5.64. The predicted molar refractivity (Wildman–Crippen MR) is 67.2 cm³/mol. The van der Waals surface area contributed by atoms with E-state index in [1.165, 1.54) is 0 Å². The predicted octanol–water partition coefficient (Wildman–Crippen LogP) is 2.05. The van der Waals surface area contributed by atoms with Crippen molar-refractivity contribution in [2.24, 2.45) is 5.73 Å².